The summed E-state index contributed by atoms with van der Waals surface area (Å²) >= 11 is 0. The van der Waals surface area contributed by atoms with Crippen LogP contribution in [-0.2, 0) is 26.0 Å². The summed E-state index contributed by atoms with van der Waals surface area (Å²) in [6, 6.07) is 24.4. The highest BCUT2D eigenvalue weighted by molar-refractivity contribution is 5.65. The normalized spacial score (nSPS) is 11.1. The number of aryl methyl sites for hydroxylation is 2. The summed E-state index contributed by atoms with van der Waals surface area (Å²) in [4.78, 5) is 18.5. The molecule has 4 aromatic rings. The number of para-hydroxylation sites is 1. The Morgan fingerprint density at radius 3 is 2.23 bits per heavy atom. The molecular formula is C30H31FN2O2. The molecule has 35 heavy (non-hydrogen) atoms. The van der Waals surface area contributed by atoms with Crippen molar-refractivity contribution in [2.45, 2.75) is 46.8 Å². The third kappa shape index (κ3) is 5.86. The minimum atomic E-state index is -0.480. The lowest BCUT2D eigenvalue weighted by molar-refractivity contribution is 0.291. The lowest BCUT2D eigenvalue weighted by atomic mass is 10.0. The molecule has 5 heteroatoms. The molecule has 0 bridgehead atoms. The second-order valence-electron chi connectivity index (χ2n) is 9.18. The third-order valence-corrected chi connectivity index (χ3v) is 5.98. The van der Waals surface area contributed by atoms with Crippen molar-refractivity contribution in [3.8, 4) is 17.1 Å². The van der Waals surface area contributed by atoms with Gasteiger partial charge in [0.05, 0.1) is 5.56 Å². The van der Waals surface area contributed by atoms with Crippen LogP contribution in [0.5, 0.6) is 5.75 Å². The first-order chi connectivity index (χ1) is 16.9. The van der Waals surface area contributed by atoms with E-state index in [1.807, 2.05) is 67.6 Å². The molecule has 180 valence electrons. The summed E-state index contributed by atoms with van der Waals surface area (Å²) < 4.78 is 22.7. The van der Waals surface area contributed by atoms with Crippen molar-refractivity contribution in [2.75, 3.05) is 0 Å². The fraction of sp³-hybridized carbons (Fsp3) is 0.267. The van der Waals surface area contributed by atoms with Gasteiger partial charge in [-0.3, -0.25) is 9.36 Å². The van der Waals surface area contributed by atoms with Crippen molar-refractivity contribution in [3.05, 3.63) is 117 Å². The van der Waals surface area contributed by atoms with Gasteiger partial charge < -0.3 is 4.74 Å². The lowest BCUT2D eigenvalue weighted by Crippen LogP contribution is -2.29. The Morgan fingerprint density at radius 1 is 0.914 bits per heavy atom. The summed E-state index contributed by atoms with van der Waals surface area (Å²) in [5, 5.41) is 0. The smallest absolute Gasteiger partial charge is 0.257 e. The Hall–Kier alpha value is -3.73. The zero-order valence-corrected chi connectivity index (χ0v) is 20.5. The highest BCUT2D eigenvalue weighted by Crippen LogP contribution is 2.32. The molecule has 0 aliphatic carbocycles. The Balaban J connectivity index is 1.79. The standard InChI is InChI=1S/C30H31FN2O2/c1-21(2)19-26-22(3)32-29(33(30(26)34)18-17-23-11-6-4-7-12-23)25-15-10-16-27(31)28(25)35-20-24-13-8-5-9-14-24/h4-16,21H,17-20H2,1-3H3. The van der Waals surface area contributed by atoms with Gasteiger partial charge in [0.25, 0.3) is 5.56 Å². The Kier molecular flexibility index (Phi) is 7.76. The van der Waals surface area contributed by atoms with Crippen LogP contribution in [0.15, 0.2) is 83.7 Å². The summed E-state index contributed by atoms with van der Waals surface area (Å²) in [7, 11) is 0. The van der Waals surface area contributed by atoms with E-state index in [-0.39, 0.29) is 17.9 Å². The molecule has 0 atom stereocenters. The van der Waals surface area contributed by atoms with Crippen molar-refractivity contribution < 1.29 is 9.13 Å². The van der Waals surface area contributed by atoms with Crippen molar-refractivity contribution in [2.24, 2.45) is 5.92 Å². The molecule has 0 saturated carbocycles. The van der Waals surface area contributed by atoms with Crippen LogP contribution in [0.3, 0.4) is 0 Å². The average molecular weight is 471 g/mol. The quantitative estimate of drug-likeness (QED) is 0.285. The number of aromatic nitrogens is 2. The molecule has 0 spiro atoms. The van der Waals surface area contributed by atoms with Gasteiger partial charge in [-0.15, -0.1) is 0 Å². The molecule has 0 aliphatic heterocycles. The van der Waals surface area contributed by atoms with Gasteiger partial charge in [-0.25, -0.2) is 9.37 Å². The van der Waals surface area contributed by atoms with Gasteiger partial charge in [0.2, 0.25) is 0 Å². The van der Waals surface area contributed by atoms with E-state index >= 15 is 4.39 Å². The summed E-state index contributed by atoms with van der Waals surface area (Å²) in [6.45, 7) is 6.68. The molecule has 0 amide bonds. The highest BCUT2D eigenvalue weighted by atomic mass is 19.1. The molecule has 4 rings (SSSR count). The molecule has 0 unspecified atom stereocenters. The maximum absolute atomic E-state index is 15.0. The van der Waals surface area contributed by atoms with Gasteiger partial charge in [0.15, 0.2) is 11.6 Å². The monoisotopic (exact) mass is 470 g/mol. The fourth-order valence-corrected chi connectivity index (χ4v) is 4.20. The Bertz CT molecular complexity index is 1330. The van der Waals surface area contributed by atoms with E-state index in [1.165, 1.54) is 6.07 Å². The molecule has 1 heterocycles. The predicted octanol–water partition coefficient (Wildman–Crippen LogP) is 6.38. The predicted molar refractivity (Wildman–Crippen MR) is 138 cm³/mol. The van der Waals surface area contributed by atoms with E-state index < -0.39 is 5.82 Å². The molecule has 0 aliphatic rings. The van der Waals surface area contributed by atoms with E-state index in [4.69, 9.17) is 9.72 Å². The number of ether oxygens (including phenoxy) is 1. The van der Waals surface area contributed by atoms with Crippen molar-refractivity contribution in [1.29, 1.82) is 0 Å². The van der Waals surface area contributed by atoms with E-state index in [2.05, 4.69) is 13.8 Å². The third-order valence-electron chi connectivity index (χ3n) is 5.98. The number of halogens is 1. The van der Waals surface area contributed by atoms with Crippen LogP contribution < -0.4 is 10.3 Å². The summed E-state index contributed by atoms with van der Waals surface area (Å²) in [6.07, 6.45) is 1.30. The zero-order chi connectivity index (χ0) is 24.8. The Labute approximate surface area is 206 Å². The maximum atomic E-state index is 15.0. The number of rotatable bonds is 9. The lowest BCUT2D eigenvalue weighted by Gasteiger charge is -2.19. The van der Waals surface area contributed by atoms with E-state index in [0.717, 1.165) is 11.1 Å². The van der Waals surface area contributed by atoms with Gasteiger partial charge in [0, 0.05) is 17.8 Å². The molecule has 3 aromatic carbocycles. The topological polar surface area (TPSA) is 44.1 Å². The van der Waals surface area contributed by atoms with E-state index in [0.29, 0.717) is 47.9 Å². The number of benzene rings is 3. The fourth-order valence-electron chi connectivity index (χ4n) is 4.20. The molecule has 4 nitrogen and oxygen atoms in total. The number of hydrogen-bond donors (Lipinski definition) is 0. The van der Waals surface area contributed by atoms with Gasteiger partial charge in [0.1, 0.15) is 12.4 Å². The van der Waals surface area contributed by atoms with E-state index in [1.54, 1.807) is 16.7 Å². The molecular weight excluding hydrogens is 439 g/mol. The van der Waals surface area contributed by atoms with Crippen LogP contribution in [0.2, 0.25) is 0 Å². The second-order valence-corrected chi connectivity index (χ2v) is 9.18. The van der Waals surface area contributed by atoms with Crippen molar-refractivity contribution in [1.82, 2.24) is 9.55 Å². The van der Waals surface area contributed by atoms with Crippen molar-refractivity contribution >= 4 is 0 Å². The molecule has 1 aromatic heterocycles. The summed E-state index contributed by atoms with van der Waals surface area (Å²) in [5.74, 6) is 0.369. The van der Waals surface area contributed by atoms with Crippen LogP contribution in [0.1, 0.15) is 36.2 Å². The molecule has 0 radical (unpaired) electrons. The largest absolute Gasteiger partial charge is 0.485 e. The maximum Gasteiger partial charge on any atom is 0.257 e. The first-order valence-electron chi connectivity index (χ1n) is 12.0. The van der Waals surface area contributed by atoms with Crippen LogP contribution in [0, 0.1) is 18.7 Å². The average Bonchev–Trinajstić information content (AvgIpc) is 2.86. The van der Waals surface area contributed by atoms with Gasteiger partial charge in [-0.1, -0.05) is 80.6 Å². The van der Waals surface area contributed by atoms with Crippen molar-refractivity contribution in [3.63, 3.8) is 0 Å². The van der Waals surface area contributed by atoms with Gasteiger partial charge >= 0.3 is 0 Å². The minimum Gasteiger partial charge on any atom is -0.485 e. The van der Waals surface area contributed by atoms with E-state index in [9.17, 15) is 4.79 Å². The van der Waals surface area contributed by atoms with Crippen LogP contribution >= 0.6 is 0 Å². The van der Waals surface area contributed by atoms with Gasteiger partial charge in [-0.2, -0.15) is 0 Å². The molecule has 0 N–H and O–H groups in total. The van der Waals surface area contributed by atoms with Crippen LogP contribution in [0.4, 0.5) is 4.39 Å². The first kappa shape index (κ1) is 24.4. The molecule has 0 saturated heterocycles. The number of nitrogens with zero attached hydrogens (tertiary/aromatic N) is 2. The zero-order valence-electron chi connectivity index (χ0n) is 20.5. The number of hydrogen-bond acceptors (Lipinski definition) is 3. The first-order valence-corrected chi connectivity index (χ1v) is 12.0. The highest BCUT2D eigenvalue weighted by Gasteiger charge is 2.21. The van der Waals surface area contributed by atoms with Crippen LogP contribution in [0.25, 0.3) is 11.4 Å². The van der Waals surface area contributed by atoms with Gasteiger partial charge in [-0.05, 0) is 48.9 Å². The Morgan fingerprint density at radius 2 is 1.57 bits per heavy atom. The molecule has 0 fully saturated rings. The van der Waals surface area contributed by atoms with Crippen LogP contribution in [-0.4, -0.2) is 9.55 Å². The second kappa shape index (κ2) is 11.1. The summed E-state index contributed by atoms with van der Waals surface area (Å²) in [5.41, 5.74) is 3.84. The SMILES string of the molecule is Cc1nc(-c2cccc(F)c2OCc2ccccc2)n(CCc2ccccc2)c(=O)c1CC(C)C. The minimum absolute atomic E-state index is 0.0737.